The second kappa shape index (κ2) is 9.34. The number of ether oxygens (including phenoxy) is 2. The number of halogens is 3. The van der Waals surface area contributed by atoms with E-state index in [-0.39, 0.29) is 29.7 Å². The lowest BCUT2D eigenvalue weighted by atomic mass is 9.93. The molecular weight excluding hydrogens is 399 g/mol. The molecule has 0 aliphatic heterocycles. The van der Waals surface area contributed by atoms with Crippen molar-refractivity contribution < 1.29 is 27.4 Å². The van der Waals surface area contributed by atoms with E-state index in [1.807, 2.05) is 13.8 Å². The molecule has 1 heterocycles. The fourth-order valence-corrected chi connectivity index (χ4v) is 3.08. The highest BCUT2D eigenvalue weighted by atomic mass is 19.4. The minimum absolute atomic E-state index is 0.0340. The summed E-state index contributed by atoms with van der Waals surface area (Å²) in [5, 5.41) is 2.27. The molecule has 2 rings (SSSR count). The fraction of sp³-hybridized carbons (Fsp3) is 0.429. The molecule has 0 aliphatic rings. The predicted octanol–water partition coefficient (Wildman–Crippen LogP) is 4.63. The van der Waals surface area contributed by atoms with Crippen LogP contribution in [0.25, 0.3) is 11.1 Å². The summed E-state index contributed by atoms with van der Waals surface area (Å²) in [5.74, 6) is -0.0400. The summed E-state index contributed by atoms with van der Waals surface area (Å²) < 4.78 is 51.4. The molecule has 30 heavy (non-hydrogen) atoms. The van der Waals surface area contributed by atoms with Crippen molar-refractivity contribution in [3.63, 3.8) is 0 Å². The van der Waals surface area contributed by atoms with Crippen LogP contribution in [0.5, 0.6) is 11.6 Å². The van der Waals surface area contributed by atoms with E-state index >= 15 is 0 Å². The maximum absolute atomic E-state index is 13.7. The number of hydrogen-bond acceptors (Lipinski definition) is 5. The summed E-state index contributed by atoms with van der Waals surface area (Å²) >= 11 is 0. The van der Waals surface area contributed by atoms with E-state index in [1.165, 1.54) is 37.5 Å². The molecule has 1 aromatic heterocycles. The number of nitrogens with one attached hydrogen (secondary N) is 1. The largest absolute Gasteiger partial charge is 0.491 e. The number of carbonyl (C=O) groups is 1. The molecule has 3 N–H and O–H groups in total. The molecular formula is C21H26F3N3O3. The molecule has 0 aliphatic carbocycles. The number of alkyl halides is 3. The van der Waals surface area contributed by atoms with Crippen molar-refractivity contribution in [3.05, 3.63) is 42.1 Å². The molecule has 1 amide bonds. The van der Waals surface area contributed by atoms with Gasteiger partial charge in [-0.15, -0.1) is 0 Å². The Kier molecular flexibility index (Phi) is 7.30. The highest BCUT2D eigenvalue weighted by Gasteiger charge is 2.35. The molecule has 0 bridgehead atoms. The van der Waals surface area contributed by atoms with Gasteiger partial charge in [0, 0.05) is 24.8 Å². The molecule has 1 atom stereocenters. The number of pyridine rings is 1. The summed E-state index contributed by atoms with van der Waals surface area (Å²) in [6.45, 7) is 5.67. The van der Waals surface area contributed by atoms with Gasteiger partial charge in [0.25, 0.3) is 0 Å². The average Bonchev–Trinajstić information content (AvgIpc) is 2.64. The molecule has 0 saturated carbocycles. The second-order valence-electron chi connectivity index (χ2n) is 7.77. The molecule has 1 aromatic carbocycles. The Morgan fingerprint density at radius 2 is 1.87 bits per heavy atom. The summed E-state index contributed by atoms with van der Waals surface area (Å²) in [6.07, 6.45) is -3.40. The first-order chi connectivity index (χ1) is 13.9. The second-order valence-corrected chi connectivity index (χ2v) is 7.77. The first-order valence-corrected chi connectivity index (χ1v) is 9.40. The first-order valence-electron chi connectivity index (χ1n) is 9.40. The number of nitrogens with zero attached hydrogens (tertiary/aromatic N) is 1. The maximum atomic E-state index is 13.7. The SMILES string of the molecule is CNC(=O)Oc1cc(-c2ccc(OC[C@@](C)(N)CC(C)C)c(C(F)(F)F)c2)ccn1. The van der Waals surface area contributed by atoms with Gasteiger partial charge >= 0.3 is 12.3 Å². The van der Waals surface area contributed by atoms with Gasteiger partial charge in [0.2, 0.25) is 5.88 Å². The quantitative estimate of drug-likeness (QED) is 0.676. The first kappa shape index (κ1) is 23.5. The van der Waals surface area contributed by atoms with Crippen LogP contribution >= 0.6 is 0 Å². The van der Waals surface area contributed by atoms with Crippen LogP contribution in [0.15, 0.2) is 36.5 Å². The highest BCUT2D eigenvalue weighted by Crippen LogP contribution is 2.39. The normalized spacial score (nSPS) is 13.6. The number of rotatable bonds is 7. The Morgan fingerprint density at radius 1 is 1.20 bits per heavy atom. The van der Waals surface area contributed by atoms with Crippen LogP contribution < -0.4 is 20.5 Å². The molecule has 0 fully saturated rings. The molecule has 9 heteroatoms. The zero-order valence-corrected chi connectivity index (χ0v) is 17.3. The Hall–Kier alpha value is -2.81. The molecule has 0 unspecified atom stereocenters. The minimum atomic E-state index is -4.62. The smallest absolute Gasteiger partial charge is 0.419 e. The van der Waals surface area contributed by atoms with Gasteiger partial charge in [-0.1, -0.05) is 19.9 Å². The van der Waals surface area contributed by atoms with Crippen molar-refractivity contribution >= 4 is 6.09 Å². The standard InChI is InChI=1S/C21H26F3N3O3/c1-13(2)11-20(3,25)12-29-17-6-5-14(9-16(17)21(22,23)24)15-7-8-27-18(10-15)30-19(28)26-4/h5-10,13H,11-12,25H2,1-4H3,(H,26,28)/t20-/m0/s1. The van der Waals surface area contributed by atoms with Crippen molar-refractivity contribution in [3.8, 4) is 22.8 Å². The fourth-order valence-electron chi connectivity index (χ4n) is 3.08. The third-order valence-electron chi connectivity index (χ3n) is 4.19. The van der Waals surface area contributed by atoms with Crippen LogP contribution in [0.4, 0.5) is 18.0 Å². The van der Waals surface area contributed by atoms with E-state index in [2.05, 4.69) is 10.3 Å². The van der Waals surface area contributed by atoms with Crippen molar-refractivity contribution in [1.82, 2.24) is 10.3 Å². The van der Waals surface area contributed by atoms with Gasteiger partial charge < -0.3 is 20.5 Å². The van der Waals surface area contributed by atoms with Crippen molar-refractivity contribution in [1.29, 1.82) is 0 Å². The summed E-state index contributed by atoms with van der Waals surface area (Å²) in [5.41, 5.74) is 5.17. The number of aromatic nitrogens is 1. The predicted molar refractivity (Wildman–Crippen MR) is 107 cm³/mol. The summed E-state index contributed by atoms with van der Waals surface area (Å²) in [7, 11) is 1.38. The number of nitrogens with two attached hydrogens (primary N) is 1. The Balaban J connectivity index is 2.33. The highest BCUT2D eigenvalue weighted by molar-refractivity contribution is 5.71. The van der Waals surface area contributed by atoms with E-state index in [1.54, 1.807) is 6.92 Å². The van der Waals surface area contributed by atoms with Crippen molar-refractivity contribution in [2.45, 2.75) is 38.9 Å². The average molecular weight is 425 g/mol. The topological polar surface area (TPSA) is 86.5 Å². The zero-order chi connectivity index (χ0) is 22.5. The van der Waals surface area contributed by atoms with Gasteiger partial charge in [-0.05, 0) is 48.6 Å². The molecule has 164 valence electrons. The van der Waals surface area contributed by atoms with Crippen LogP contribution in [0.3, 0.4) is 0 Å². The lowest BCUT2D eigenvalue weighted by Crippen LogP contribution is -2.43. The summed E-state index contributed by atoms with van der Waals surface area (Å²) in [6, 6.07) is 6.66. The maximum Gasteiger partial charge on any atom is 0.419 e. The van der Waals surface area contributed by atoms with Gasteiger partial charge in [0.15, 0.2) is 0 Å². The van der Waals surface area contributed by atoms with E-state index in [4.69, 9.17) is 15.2 Å². The van der Waals surface area contributed by atoms with Crippen LogP contribution in [-0.2, 0) is 6.18 Å². The summed E-state index contributed by atoms with van der Waals surface area (Å²) in [4.78, 5) is 15.2. The molecule has 0 spiro atoms. The number of carbonyl (C=O) groups excluding carboxylic acids is 1. The van der Waals surface area contributed by atoms with Gasteiger partial charge in [0.1, 0.15) is 12.4 Å². The van der Waals surface area contributed by atoms with Gasteiger partial charge in [-0.3, -0.25) is 0 Å². The molecule has 6 nitrogen and oxygen atoms in total. The molecule has 0 saturated heterocycles. The van der Waals surface area contributed by atoms with Crippen LogP contribution in [0.2, 0.25) is 0 Å². The number of hydrogen-bond donors (Lipinski definition) is 2. The lowest BCUT2D eigenvalue weighted by molar-refractivity contribution is -0.139. The van der Waals surface area contributed by atoms with Gasteiger partial charge in [-0.25, -0.2) is 9.78 Å². The molecule has 2 aromatic rings. The third kappa shape index (κ3) is 6.62. The monoisotopic (exact) mass is 425 g/mol. The van der Waals surface area contributed by atoms with Crippen molar-refractivity contribution in [2.75, 3.05) is 13.7 Å². The number of benzene rings is 1. The van der Waals surface area contributed by atoms with Crippen molar-refractivity contribution in [2.24, 2.45) is 11.7 Å². The third-order valence-corrected chi connectivity index (χ3v) is 4.19. The Morgan fingerprint density at radius 3 is 2.47 bits per heavy atom. The zero-order valence-electron chi connectivity index (χ0n) is 17.3. The van der Waals surface area contributed by atoms with E-state index in [0.29, 0.717) is 12.0 Å². The van der Waals surface area contributed by atoms with Crippen LogP contribution in [-0.4, -0.2) is 30.3 Å². The lowest BCUT2D eigenvalue weighted by Gasteiger charge is -2.27. The van der Waals surface area contributed by atoms with Gasteiger partial charge in [0.05, 0.1) is 5.56 Å². The minimum Gasteiger partial charge on any atom is -0.491 e. The van der Waals surface area contributed by atoms with E-state index in [9.17, 15) is 18.0 Å². The Labute approximate surface area is 173 Å². The number of amides is 1. The van der Waals surface area contributed by atoms with Crippen LogP contribution in [0, 0.1) is 5.92 Å². The Bertz CT molecular complexity index is 883. The molecule has 0 radical (unpaired) electrons. The van der Waals surface area contributed by atoms with Crippen LogP contribution in [0.1, 0.15) is 32.8 Å². The van der Waals surface area contributed by atoms with E-state index < -0.39 is 23.4 Å². The van der Waals surface area contributed by atoms with E-state index in [0.717, 1.165) is 6.07 Å². The van der Waals surface area contributed by atoms with Gasteiger partial charge in [-0.2, -0.15) is 13.2 Å².